The number of furan rings is 1. The molecule has 158 valence electrons. The first-order valence-corrected chi connectivity index (χ1v) is 11.1. The SMILES string of the molecule is CN(Cc1ccco1)C(=O)CSc1nnc(-c2ccc(Cl)cc2)n1Cc1ccccc1. The van der Waals surface area contributed by atoms with E-state index >= 15 is 0 Å². The summed E-state index contributed by atoms with van der Waals surface area (Å²) in [6.07, 6.45) is 1.60. The fourth-order valence-electron chi connectivity index (χ4n) is 3.08. The molecule has 0 aliphatic heterocycles. The molecular formula is C23H21ClN4O2S. The van der Waals surface area contributed by atoms with Crippen LogP contribution in [-0.4, -0.2) is 38.4 Å². The highest BCUT2D eigenvalue weighted by Crippen LogP contribution is 2.26. The minimum Gasteiger partial charge on any atom is -0.467 e. The molecule has 2 aromatic carbocycles. The van der Waals surface area contributed by atoms with Crippen molar-refractivity contribution in [2.45, 2.75) is 18.2 Å². The summed E-state index contributed by atoms with van der Waals surface area (Å²) in [4.78, 5) is 14.3. The molecule has 0 radical (unpaired) electrons. The predicted molar refractivity (Wildman–Crippen MR) is 122 cm³/mol. The van der Waals surface area contributed by atoms with Gasteiger partial charge < -0.3 is 9.32 Å². The van der Waals surface area contributed by atoms with Gasteiger partial charge in [0.1, 0.15) is 5.76 Å². The first-order valence-electron chi connectivity index (χ1n) is 9.72. The summed E-state index contributed by atoms with van der Waals surface area (Å²) >= 11 is 7.42. The quantitative estimate of drug-likeness (QED) is 0.352. The molecule has 0 saturated carbocycles. The van der Waals surface area contributed by atoms with Crippen molar-refractivity contribution in [2.24, 2.45) is 0 Å². The molecule has 0 saturated heterocycles. The molecule has 1 amide bonds. The molecular weight excluding hydrogens is 432 g/mol. The second kappa shape index (κ2) is 9.85. The first kappa shape index (κ1) is 21.2. The molecule has 4 aromatic rings. The van der Waals surface area contributed by atoms with Crippen LogP contribution in [0.1, 0.15) is 11.3 Å². The van der Waals surface area contributed by atoms with E-state index in [9.17, 15) is 4.79 Å². The van der Waals surface area contributed by atoms with Crippen molar-refractivity contribution in [3.63, 3.8) is 0 Å². The highest BCUT2D eigenvalue weighted by Gasteiger charge is 2.18. The average Bonchev–Trinajstić information content (AvgIpc) is 3.43. The Morgan fingerprint density at radius 3 is 2.55 bits per heavy atom. The van der Waals surface area contributed by atoms with Gasteiger partial charge in [0.05, 0.1) is 25.1 Å². The number of aromatic nitrogens is 3. The Balaban J connectivity index is 1.53. The third kappa shape index (κ3) is 5.37. The van der Waals surface area contributed by atoms with E-state index in [1.165, 1.54) is 11.8 Å². The minimum absolute atomic E-state index is 0.0105. The van der Waals surface area contributed by atoms with Gasteiger partial charge in [-0.25, -0.2) is 0 Å². The molecule has 0 aliphatic carbocycles. The first-order chi connectivity index (χ1) is 15.1. The Morgan fingerprint density at radius 2 is 1.84 bits per heavy atom. The number of rotatable bonds is 8. The van der Waals surface area contributed by atoms with E-state index < -0.39 is 0 Å². The molecule has 0 spiro atoms. The lowest BCUT2D eigenvalue weighted by Crippen LogP contribution is -2.27. The van der Waals surface area contributed by atoms with Crippen LogP contribution >= 0.6 is 23.4 Å². The number of hydrogen-bond donors (Lipinski definition) is 0. The molecule has 8 heteroatoms. The maximum atomic E-state index is 12.6. The number of carbonyl (C=O) groups is 1. The predicted octanol–water partition coefficient (Wildman–Crippen LogP) is 4.99. The van der Waals surface area contributed by atoms with Gasteiger partial charge in [-0.1, -0.05) is 53.7 Å². The Labute approximate surface area is 189 Å². The topological polar surface area (TPSA) is 64.2 Å². The van der Waals surface area contributed by atoms with Gasteiger partial charge in [-0.05, 0) is 42.0 Å². The number of carbonyl (C=O) groups excluding carboxylic acids is 1. The molecule has 0 N–H and O–H groups in total. The van der Waals surface area contributed by atoms with E-state index in [1.807, 2.05) is 59.2 Å². The van der Waals surface area contributed by atoms with E-state index in [1.54, 1.807) is 18.2 Å². The zero-order valence-corrected chi connectivity index (χ0v) is 18.5. The number of nitrogens with zero attached hydrogens (tertiary/aromatic N) is 4. The molecule has 0 bridgehead atoms. The number of benzene rings is 2. The van der Waals surface area contributed by atoms with Crippen LogP contribution < -0.4 is 0 Å². The van der Waals surface area contributed by atoms with Crippen molar-refractivity contribution in [1.82, 2.24) is 19.7 Å². The van der Waals surface area contributed by atoms with Crippen LogP contribution in [0.2, 0.25) is 5.02 Å². The van der Waals surface area contributed by atoms with Gasteiger partial charge in [0.2, 0.25) is 5.91 Å². The zero-order chi connectivity index (χ0) is 21.6. The summed E-state index contributed by atoms with van der Waals surface area (Å²) in [5, 5.41) is 10.1. The van der Waals surface area contributed by atoms with Gasteiger partial charge in [-0.15, -0.1) is 10.2 Å². The fourth-order valence-corrected chi connectivity index (χ4v) is 4.08. The maximum Gasteiger partial charge on any atom is 0.233 e. The summed E-state index contributed by atoms with van der Waals surface area (Å²) in [6, 6.07) is 21.3. The Hall–Kier alpha value is -3.03. The molecule has 0 aliphatic rings. The summed E-state index contributed by atoms with van der Waals surface area (Å²) in [7, 11) is 1.76. The van der Waals surface area contributed by atoms with E-state index in [-0.39, 0.29) is 11.7 Å². The molecule has 0 unspecified atom stereocenters. The van der Waals surface area contributed by atoms with Crippen LogP contribution in [0, 0.1) is 0 Å². The van der Waals surface area contributed by atoms with Crippen molar-refractivity contribution in [3.8, 4) is 11.4 Å². The second-order valence-corrected chi connectivity index (χ2v) is 8.38. The van der Waals surface area contributed by atoms with E-state index in [0.29, 0.717) is 23.3 Å². The van der Waals surface area contributed by atoms with Crippen LogP contribution in [0.4, 0.5) is 0 Å². The Kier molecular flexibility index (Phi) is 6.74. The smallest absolute Gasteiger partial charge is 0.233 e. The second-order valence-electron chi connectivity index (χ2n) is 7.00. The third-order valence-electron chi connectivity index (χ3n) is 4.73. The van der Waals surface area contributed by atoms with Gasteiger partial charge in [0.25, 0.3) is 0 Å². The highest BCUT2D eigenvalue weighted by atomic mass is 35.5. The van der Waals surface area contributed by atoms with Gasteiger partial charge in [0.15, 0.2) is 11.0 Å². The fraction of sp³-hybridized carbons (Fsp3) is 0.174. The maximum absolute atomic E-state index is 12.6. The number of halogens is 1. The summed E-state index contributed by atoms with van der Waals surface area (Å²) < 4.78 is 7.36. The van der Waals surface area contributed by atoms with Crippen LogP contribution in [0.25, 0.3) is 11.4 Å². The van der Waals surface area contributed by atoms with Crippen molar-refractivity contribution < 1.29 is 9.21 Å². The largest absolute Gasteiger partial charge is 0.467 e. The molecule has 4 rings (SSSR count). The van der Waals surface area contributed by atoms with Gasteiger partial charge in [0, 0.05) is 17.6 Å². The minimum atomic E-state index is -0.0105. The third-order valence-corrected chi connectivity index (χ3v) is 5.93. The van der Waals surface area contributed by atoms with Crippen molar-refractivity contribution in [2.75, 3.05) is 12.8 Å². The molecule has 2 heterocycles. The number of amides is 1. The normalized spacial score (nSPS) is 10.9. The monoisotopic (exact) mass is 452 g/mol. The summed E-state index contributed by atoms with van der Waals surface area (Å²) in [6.45, 7) is 1.03. The van der Waals surface area contributed by atoms with Gasteiger partial charge >= 0.3 is 0 Å². The summed E-state index contributed by atoms with van der Waals surface area (Å²) in [5.41, 5.74) is 2.04. The van der Waals surface area contributed by atoms with Gasteiger partial charge in [-0.3, -0.25) is 9.36 Å². The van der Waals surface area contributed by atoms with Crippen LogP contribution in [0.15, 0.2) is 82.6 Å². The lowest BCUT2D eigenvalue weighted by atomic mass is 10.2. The summed E-state index contributed by atoms with van der Waals surface area (Å²) in [5.74, 6) is 1.73. The van der Waals surface area contributed by atoms with Crippen molar-refractivity contribution >= 4 is 29.3 Å². The van der Waals surface area contributed by atoms with Crippen LogP contribution in [0.5, 0.6) is 0 Å². The Morgan fingerprint density at radius 1 is 1.06 bits per heavy atom. The van der Waals surface area contributed by atoms with Crippen LogP contribution in [0.3, 0.4) is 0 Å². The van der Waals surface area contributed by atoms with E-state index in [2.05, 4.69) is 22.3 Å². The lowest BCUT2D eigenvalue weighted by molar-refractivity contribution is -0.127. The van der Waals surface area contributed by atoms with Gasteiger partial charge in [-0.2, -0.15) is 0 Å². The molecule has 31 heavy (non-hydrogen) atoms. The van der Waals surface area contributed by atoms with Crippen LogP contribution in [-0.2, 0) is 17.9 Å². The number of hydrogen-bond acceptors (Lipinski definition) is 5. The highest BCUT2D eigenvalue weighted by molar-refractivity contribution is 7.99. The average molecular weight is 453 g/mol. The molecule has 0 atom stereocenters. The molecule has 6 nitrogen and oxygen atoms in total. The molecule has 2 aromatic heterocycles. The number of thioether (sulfide) groups is 1. The Bertz CT molecular complexity index is 1130. The standard InChI is InChI=1S/C23H21ClN4O2S/c1-27(15-20-8-5-13-30-20)21(29)16-31-23-26-25-22(18-9-11-19(24)12-10-18)28(23)14-17-6-3-2-4-7-17/h2-13H,14-16H2,1H3. The van der Waals surface area contributed by atoms with E-state index in [0.717, 1.165) is 22.7 Å². The zero-order valence-electron chi connectivity index (χ0n) is 16.9. The van der Waals surface area contributed by atoms with Crippen molar-refractivity contribution in [1.29, 1.82) is 0 Å². The van der Waals surface area contributed by atoms with Crippen molar-refractivity contribution in [3.05, 3.63) is 89.3 Å². The molecule has 0 fully saturated rings. The lowest BCUT2D eigenvalue weighted by Gasteiger charge is -2.15. The van der Waals surface area contributed by atoms with E-state index in [4.69, 9.17) is 16.0 Å².